The summed E-state index contributed by atoms with van der Waals surface area (Å²) in [6, 6.07) is 1.59. The van der Waals surface area contributed by atoms with E-state index in [-0.39, 0.29) is 5.56 Å². The largest absolute Gasteiger partial charge is 0.382 e. The van der Waals surface area contributed by atoms with Crippen molar-refractivity contribution in [1.29, 1.82) is 0 Å². The molecule has 0 atom stereocenters. The lowest BCUT2D eigenvalue weighted by molar-refractivity contribution is 0.622. The first-order chi connectivity index (χ1) is 7.77. The third-order valence-electron chi connectivity index (χ3n) is 2.08. The van der Waals surface area contributed by atoms with Gasteiger partial charge in [-0.05, 0) is 13.3 Å². The third-order valence-corrected chi connectivity index (χ3v) is 2.67. The fourth-order valence-electron chi connectivity index (χ4n) is 1.21. The van der Waals surface area contributed by atoms with Gasteiger partial charge in [0.05, 0.1) is 18.4 Å². The van der Waals surface area contributed by atoms with E-state index in [0.29, 0.717) is 6.54 Å². The van der Waals surface area contributed by atoms with Gasteiger partial charge in [0.15, 0.2) is 0 Å². The van der Waals surface area contributed by atoms with E-state index in [1.807, 2.05) is 13.3 Å². The van der Waals surface area contributed by atoms with Crippen molar-refractivity contribution in [3.8, 4) is 0 Å². The van der Waals surface area contributed by atoms with Crippen molar-refractivity contribution in [2.45, 2.75) is 6.54 Å². The number of aromatic nitrogens is 2. The molecule has 2 N–H and O–H groups in total. The maximum absolute atomic E-state index is 11.6. The van der Waals surface area contributed by atoms with E-state index in [0.717, 1.165) is 24.5 Å². The first-order valence-electron chi connectivity index (χ1n) is 5.22. The lowest BCUT2D eigenvalue weighted by Crippen LogP contribution is -2.24. The highest BCUT2D eigenvalue weighted by Gasteiger charge is 1.98. The number of likely N-dealkylation sites (N-methyl/N-ethyl adjacent to an activating group) is 1. The molecular formula is C10H18N4OS. The number of anilines is 1. The van der Waals surface area contributed by atoms with Crippen molar-refractivity contribution in [3.05, 3.63) is 22.6 Å². The standard InChI is InChI=1S/C10H18N4OS/c1-11-3-4-12-9-7-10(15)14(13-8-9)5-6-16-2/h7-8,11-12H,3-6H2,1-2H3. The van der Waals surface area contributed by atoms with Gasteiger partial charge in [0.2, 0.25) is 0 Å². The van der Waals surface area contributed by atoms with Gasteiger partial charge in [0.25, 0.3) is 5.56 Å². The number of nitrogens with zero attached hydrogens (tertiary/aromatic N) is 2. The SMILES string of the molecule is CNCCNc1cnn(CCSC)c(=O)c1. The first kappa shape index (κ1) is 13.1. The molecule has 0 amide bonds. The molecule has 5 nitrogen and oxygen atoms in total. The van der Waals surface area contributed by atoms with Crippen molar-refractivity contribution >= 4 is 17.4 Å². The molecule has 1 rings (SSSR count). The van der Waals surface area contributed by atoms with Crippen LogP contribution in [-0.2, 0) is 6.54 Å². The van der Waals surface area contributed by atoms with Gasteiger partial charge in [-0.2, -0.15) is 16.9 Å². The Balaban J connectivity index is 2.56. The highest BCUT2D eigenvalue weighted by molar-refractivity contribution is 7.98. The molecule has 0 saturated heterocycles. The highest BCUT2D eigenvalue weighted by atomic mass is 32.2. The van der Waals surface area contributed by atoms with Gasteiger partial charge in [-0.3, -0.25) is 4.79 Å². The van der Waals surface area contributed by atoms with E-state index in [9.17, 15) is 4.79 Å². The van der Waals surface area contributed by atoms with Crippen molar-refractivity contribution in [3.63, 3.8) is 0 Å². The lowest BCUT2D eigenvalue weighted by Gasteiger charge is -2.07. The Hall–Kier alpha value is -1.01. The van der Waals surface area contributed by atoms with Gasteiger partial charge in [-0.25, -0.2) is 4.68 Å². The second-order valence-corrected chi connectivity index (χ2v) is 4.31. The normalized spacial score (nSPS) is 10.4. The Morgan fingerprint density at radius 1 is 1.50 bits per heavy atom. The van der Waals surface area contributed by atoms with E-state index < -0.39 is 0 Å². The Morgan fingerprint density at radius 2 is 2.31 bits per heavy atom. The predicted molar refractivity (Wildman–Crippen MR) is 69.3 cm³/mol. The van der Waals surface area contributed by atoms with Crippen molar-refractivity contribution in [2.75, 3.05) is 37.5 Å². The van der Waals surface area contributed by atoms with Crippen LogP contribution in [0.4, 0.5) is 5.69 Å². The fraction of sp³-hybridized carbons (Fsp3) is 0.600. The smallest absolute Gasteiger partial charge is 0.268 e. The van der Waals surface area contributed by atoms with Crippen LogP contribution < -0.4 is 16.2 Å². The number of thioether (sulfide) groups is 1. The third kappa shape index (κ3) is 4.24. The number of aryl methyl sites for hydroxylation is 1. The van der Waals surface area contributed by atoms with Gasteiger partial charge in [0, 0.05) is 24.9 Å². The van der Waals surface area contributed by atoms with E-state index in [1.54, 1.807) is 24.0 Å². The van der Waals surface area contributed by atoms with Crippen LogP contribution in [0.5, 0.6) is 0 Å². The van der Waals surface area contributed by atoms with Gasteiger partial charge in [-0.1, -0.05) is 0 Å². The second-order valence-electron chi connectivity index (χ2n) is 3.33. The molecule has 0 saturated carbocycles. The van der Waals surface area contributed by atoms with Crippen LogP contribution in [0.15, 0.2) is 17.1 Å². The Bertz CT molecular complexity index is 366. The molecule has 6 heteroatoms. The molecule has 1 aromatic rings. The van der Waals surface area contributed by atoms with Gasteiger partial charge in [-0.15, -0.1) is 0 Å². The average Bonchev–Trinajstić information content (AvgIpc) is 2.28. The van der Waals surface area contributed by atoms with Crippen LogP contribution in [0.3, 0.4) is 0 Å². The quantitative estimate of drug-likeness (QED) is 0.671. The maximum Gasteiger partial charge on any atom is 0.268 e. The minimum Gasteiger partial charge on any atom is -0.382 e. The average molecular weight is 242 g/mol. The zero-order chi connectivity index (χ0) is 11.8. The summed E-state index contributed by atoms with van der Waals surface area (Å²) in [6.45, 7) is 2.30. The monoisotopic (exact) mass is 242 g/mol. The fourth-order valence-corrected chi connectivity index (χ4v) is 1.56. The van der Waals surface area contributed by atoms with Crippen LogP contribution in [0.25, 0.3) is 0 Å². The summed E-state index contributed by atoms with van der Waals surface area (Å²) in [5.74, 6) is 0.902. The molecule has 0 aliphatic heterocycles. The van der Waals surface area contributed by atoms with E-state index >= 15 is 0 Å². The first-order valence-corrected chi connectivity index (χ1v) is 6.62. The van der Waals surface area contributed by atoms with Crippen LogP contribution >= 0.6 is 11.8 Å². The van der Waals surface area contributed by atoms with Crippen LogP contribution in [-0.4, -0.2) is 41.9 Å². The summed E-state index contributed by atoms with van der Waals surface area (Å²) < 4.78 is 1.49. The van der Waals surface area contributed by atoms with Gasteiger partial charge >= 0.3 is 0 Å². The number of nitrogens with one attached hydrogen (secondary N) is 2. The Morgan fingerprint density at radius 3 is 2.94 bits per heavy atom. The molecule has 0 unspecified atom stereocenters. The minimum absolute atomic E-state index is 0.0523. The summed E-state index contributed by atoms with van der Waals surface area (Å²) in [6.07, 6.45) is 3.70. The molecule has 0 radical (unpaired) electrons. The maximum atomic E-state index is 11.6. The zero-order valence-electron chi connectivity index (χ0n) is 9.69. The molecule has 0 bridgehead atoms. The highest BCUT2D eigenvalue weighted by Crippen LogP contribution is 1.99. The molecule has 16 heavy (non-hydrogen) atoms. The molecule has 0 aliphatic rings. The van der Waals surface area contributed by atoms with Crippen molar-refractivity contribution in [1.82, 2.24) is 15.1 Å². The molecule has 0 spiro atoms. The topological polar surface area (TPSA) is 59.0 Å². The van der Waals surface area contributed by atoms with Crippen molar-refractivity contribution < 1.29 is 0 Å². The molecule has 1 heterocycles. The second kappa shape index (κ2) is 7.29. The molecule has 0 fully saturated rings. The zero-order valence-corrected chi connectivity index (χ0v) is 10.5. The van der Waals surface area contributed by atoms with Gasteiger partial charge in [0.1, 0.15) is 0 Å². The number of hydrogen-bond acceptors (Lipinski definition) is 5. The predicted octanol–water partition coefficient (Wildman–Crippen LogP) is 0.238. The minimum atomic E-state index is -0.0523. The summed E-state index contributed by atoms with van der Waals surface area (Å²) in [7, 11) is 1.89. The molecular weight excluding hydrogens is 224 g/mol. The Kier molecular flexibility index (Phi) is 5.95. The van der Waals surface area contributed by atoms with E-state index in [1.165, 1.54) is 4.68 Å². The number of rotatable bonds is 7. The van der Waals surface area contributed by atoms with Crippen LogP contribution in [0.2, 0.25) is 0 Å². The molecule has 90 valence electrons. The van der Waals surface area contributed by atoms with Crippen molar-refractivity contribution in [2.24, 2.45) is 0 Å². The lowest BCUT2D eigenvalue weighted by atomic mass is 10.4. The van der Waals surface area contributed by atoms with E-state index in [4.69, 9.17) is 0 Å². The van der Waals surface area contributed by atoms with Crippen LogP contribution in [0.1, 0.15) is 0 Å². The van der Waals surface area contributed by atoms with E-state index in [2.05, 4.69) is 15.7 Å². The number of hydrogen-bond donors (Lipinski definition) is 2. The molecule has 1 aromatic heterocycles. The van der Waals surface area contributed by atoms with Crippen LogP contribution in [0, 0.1) is 0 Å². The summed E-state index contributed by atoms with van der Waals surface area (Å²) in [5, 5.41) is 10.3. The Labute approximate surface area is 99.6 Å². The molecule has 0 aliphatic carbocycles. The summed E-state index contributed by atoms with van der Waals surface area (Å²) in [5.41, 5.74) is 0.726. The molecule has 0 aromatic carbocycles. The van der Waals surface area contributed by atoms with Gasteiger partial charge < -0.3 is 10.6 Å². The summed E-state index contributed by atoms with van der Waals surface area (Å²) in [4.78, 5) is 11.6. The summed E-state index contributed by atoms with van der Waals surface area (Å²) >= 11 is 1.70.